The highest BCUT2D eigenvalue weighted by molar-refractivity contribution is 8.01. The molecular weight excluding hydrogens is 344 g/mol. The van der Waals surface area contributed by atoms with Crippen LogP contribution in [0.15, 0.2) is 34.7 Å². The molecule has 3 rings (SSSR count). The van der Waals surface area contributed by atoms with E-state index < -0.39 is 0 Å². The molecule has 1 N–H and O–H groups in total. The van der Waals surface area contributed by atoms with Crippen molar-refractivity contribution in [1.82, 2.24) is 10.2 Å². The van der Waals surface area contributed by atoms with E-state index in [1.165, 1.54) is 11.3 Å². The van der Waals surface area contributed by atoms with Gasteiger partial charge in [0.1, 0.15) is 0 Å². The molecule has 2 aromatic rings. The number of thioether (sulfide) groups is 1. The monoisotopic (exact) mass is 362 g/mol. The molecule has 0 unspecified atom stereocenters. The number of hydrogen-bond acceptors (Lipinski definition) is 6. The van der Waals surface area contributed by atoms with Gasteiger partial charge in [-0.1, -0.05) is 48.2 Å². The second-order valence-corrected chi connectivity index (χ2v) is 7.77. The van der Waals surface area contributed by atoms with Gasteiger partial charge in [-0.15, -0.1) is 10.2 Å². The van der Waals surface area contributed by atoms with E-state index in [4.69, 9.17) is 0 Å². The van der Waals surface area contributed by atoms with Gasteiger partial charge in [-0.25, -0.2) is 0 Å². The first-order valence-corrected chi connectivity index (χ1v) is 9.60. The Morgan fingerprint density at radius 3 is 2.92 bits per heavy atom. The van der Waals surface area contributed by atoms with Crippen LogP contribution in [0.2, 0.25) is 0 Å². The molecule has 0 spiro atoms. The third kappa shape index (κ3) is 3.93. The molecule has 2 heterocycles. The highest BCUT2D eigenvalue weighted by Crippen LogP contribution is 2.28. The van der Waals surface area contributed by atoms with Gasteiger partial charge in [0, 0.05) is 24.4 Å². The molecule has 1 atom stereocenters. The van der Waals surface area contributed by atoms with E-state index >= 15 is 0 Å². The zero-order valence-corrected chi connectivity index (χ0v) is 14.9. The van der Waals surface area contributed by atoms with Gasteiger partial charge in [0.25, 0.3) is 0 Å². The lowest BCUT2D eigenvalue weighted by Crippen LogP contribution is -2.28. The van der Waals surface area contributed by atoms with Gasteiger partial charge in [-0.2, -0.15) is 0 Å². The Balaban J connectivity index is 1.60. The third-order valence-corrected chi connectivity index (χ3v) is 5.81. The Labute approximate surface area is 148 Å². The predicted octanol–water partition coefficient (Wildman–Crippen LogP) is 3.03. The van der Waals surface area contributed by atoms with E-state index in [1.54, 1.807) is 16.7 Å². The van der Waals surface area contributed by atoms with Crippen LogP contribution in [0.3, 0.4) is 0 Å². The summed E-state index contributed by atoms with van der Waals surface area (Å²) in [5, 5.41) is 11.3. The van der Waals surface area contributed by atoms with Gasteiger partial charge in [-0.05, 0) is 18.6 Å². The summed E-state index contributed by atoms with van der Waals surface area (Å²) in [5.74, 6) is 0.405. The van der Waals surface area contributed by atoms with Crippen LogP contribution in [0.5, 0.6) is 0 Å². The topological polar surface area (TPSA) is 75.2 Å². The molecular formula is C16H18N4O2S2. The Bertz CT molecular complexity index is 720. The van der Waals surface area contributed by atoms with E-state index in [-0.39, 0.29) is 24.2 Å². The molecule has 126 valence electrons. The van der Waals surface area contributed by atoms with Crippen molar-refractivity contribution in [2.24, 2.45) is 5.92 Å². The predicted molar refractivity (Wildman–Crippen MR) is 96.5 cm³/mol. The summed E-state index contributed by atoms with van der Waals surface area (Å²) in [6, 6.07) is 9.41. The Kier molecular flexibility index (Phi) is 5.47. The van der Waals surface area contributed by atoms with Crippen molar-refractivity contribution in [2.75, 3.05) is 22.5 Å². The number of anilines is 2. The van der Waals surface area contributed by atoms with Crippen LogP contribution in [-0.2, 0) is 9.59 Å². The van der Waals surface area contributed by atoms with Gasteiger partial charge in [-0.3, -0.25) is 9.59 Å². The summed E-state index contributed by atoms with van der Waals surface area (Å²) >= 11 is 3.00. The summed E-state index contributed by atoms with van der Waals surface area (Å²) in [6.45, 7) is 2.50. The third-order valence-electron chi connectivity index (χ3n) is 3.63. The van der Waals surface area contributed by atoms with E-state index in [0.717, 1.165) is 22.2 Å². The zero-order valence-electron chi connectivity index (χ0n) is 13.3. The summed E-state index contributed by atoms with van der Waals surface area (Å²) < 4.78 is 0.848. The minimum absolute atomic E-state index is 0.0298. The number of rotatable bonds is 6. The molecule has 1 saturated heterocycles. The van der Waals surface area contributed by atoms with Crippen LogP contribution in [0.1, 0.15) is 19.8 Å². The Hall–Kier alpha value is -1.93. The van der Waals surface area contributed by atoms with Crippen LogP contribution < -0.4 is 10.2 Å². The van der Waals surface area contributed by atoms with Gasteiger partial charge < -0.3 is 10.2 Å². The standard InChI is InChI=1S/C16H18N4O2S2/c1-2-8-23-16-19-18-15(24-16)17-14(22)11-9-13(21)20(10-11)12-6-4-3-5-7-12/h3-7,11H,2,8-10H2,1H3,(H,17,18,22)/t11-/m1/s1. The number of nitrogens with one attached hydrogen (secondary N) is 1. The lowest BCUT2D eigenvalue weighted by Gasteiger charge is -2.16. The lowest BCUT2D eigenvalue weighted by molar-refractivity contribution is -0.122. The van der Waals surface area contributed by atoms with Crippen LogP contribution >= 0.6 is 23.1 Å². The maximum Gasteiger partial charge on any atom is 0.231 e. The van der Waals surface area contributed by atoms with E-state index in [2.05, 4.69) is 22.4 Å². The normalized spacial score (nSPS) is 17.3. The second-order valence-electron chi connectivity index (χ2n) is 5.45. The molecule has 1 aromatic heterocycles. The molecule has 6 nitrogen and oxygen atoms in total. The Morgan fingerprint density at radius 2 is 2.17 bits per heavy atom. The summed E-state index contributed by atoms with van der Waals surface area (Å²) in [4.78, 5) is 26.2. The van der Waals surface area contributed by atoms with E-state index in [0.29, 0.717) is 11.7 Å². The van der Waals surface area contributed by atoms with E-state index in [1.807, 2.05) is 30.3 Å². The van der Waals surface area contributed by atoms with Crippen molar-refractivity contribution in [2.45, 2.75) is 24.1 Å². The zero-order chi connectivity index (χ0) is 16.9. The highest BCUT2D eigenvalue weighted by atomic mass is 32.2. The first-order chi connectivity index (χ1) is 11.7. The molecule has 24 heavy (non-hydrogen) atoms. The summed E-state index contributed by atoms with van der Waals surface area (Å²) in [6.07, 6.45) is 1.28. The largest absolute Gasteiger partial charge is 0.312 e. The molecule has 0 radical (unpaired) electrons. The second kappa shape index (κ2) is 7.76. The van der Waals surface area contributed by atoms with Crippen LogP contribution in [0.4, 0.5) is 10.8 Å². The van der Waals surface area contributed by atoms with Crippen LogP contribution in [-0.4, -0.2) is 34.3 Å². The lowest BCUT2D eigenvalue weighted by atomic mass is 10.1. The minimum Gasteiger partial charge on any atom is -0.312 e. The maximum atomic E-state index is 12.4. The van der Waals surface area contributed by atoms with Crippen molar-refractivity contribution < 1.29 is 9.59 Å². The number of para-hydroxylation sites is 1. The van der Waals surface area contributed by atoms with Gasteiger partial charge in [0.05, 0.1) is 5.92 Å². The number of benzene rings is 1. The molecule has 1 fully saturated rings. The van der Waals surface area contributed by atoms with Crippen molar-refractivity contribution in [3.8, 4) is 0 Å². The molecule has 2 amide bonds. The average molecular weight is 362 g/mol. The molecule has 1 aromatic carbocycles. The van der Waals surface area contributed by atoms with Crippen LogP contribution in [0, 0.1) is 5.92 Å². The number of amides is 2. The number of carbonyl (C=O) groups excluding carboxylic acids is 2. The fourth-order valence-corrected chi connectivity index (χ4v) is 4.14. The number of nitrogens with zero attached hydrogens (tertiary/aromatic N) is 3. The molecule has 1 aliphatic heterocycles. The van der Waals surface area contributed by atoms with Crippen LogP contribution in [0.25, 0.3) is 0 Å². The van der Waals surface area contributed by atoms with Crippen molar-refractivity contribution in [3.63, 3.8) is 0 Å². The SMILES string of the molecule is CCCSc1nnc(NC(=O)[C@@H]2CC(=O)N(c3ccccc3)C2)s1. The van der Waals surface area contributed by atoms with E-state index in [9.17, 15) is 9.59 Å². The maximum absolute atomic E-state index is 12.4. The number of aromatic nitrogens is 2. The first kappa shape index (κ1) is 16.9. The summed E-state index contributed by atoms with van der Waals surface area (Å²) in [7, 11) is 0. The number of carbonyl (C=O) groups is 2. The smallest absolute Gasteiger partial charge is 0.231 e. The van der Waals surface area contributed by atoms with Crippen molar-refractivity contribution >= 4 is 45.7 Å². The minimum atomic E-state index is -0.367. The molecule has 8 heteroatoms. The molecule has 1 aliphatic rings. The average Bonchev–Trinajstić information content (AvgIpc) is 3.20. The van der Waals surface area contributed by atoms with Gasteiger partial charge in [0.15, 0.2) is 4.34 Å². The highest BCUT2D eigenvalue weighted by Gasteiger charge is 2.35. The first-order valence-electron chi connectivity index (χ1n) is 7.80. The van der Waals surface area contributed by atoms with Crippen molar-refractivity contribution in [1.29, 1.82) is 0 Å². The quantitative estimate of drug-likeness (QED) is 0.631. The van der Waals surface area contributed by atoms with Gasteiger partial charge >= 0.3 is 0 Å². The summed E-state index contributed by atoms with van der Waals surface area (Å²) in [5.41, 5.74) is 0.826. The Morgan fingerprint density at radius 1 is 1.38 bits per heavy atom. The molecule has 0 bridgehead atoms. The number of hydrogen-bond donors (Lipinski definition) is 1. The molecule has 0 aliphatic carbocycles. The fraction of sp³-hybridized carbons (Fsp3) is 0.375. The molecule has 0 saturated carbocycles. The van der Waals surface area contributed by atoms with Gasteiger partial charge in [0.2, 0.25) is 16.9 Å². The fourth-order valence-electron chi connectivity index (χ4n) is 2.46. The van der Waals surface area contributed by atoms with Crippen molar-refractivity contribution in [3.05, 3.63) is 30.3 Å².